The van der Waals surface area contributed by atoms with Gasteiger partial charge < -0.3 is 15.1 Å². The molecule has 6 heteroatoms. The number of oxime groups is 1. The molecule has 2 N–H and O–H groups in total. The first kappa shape index (κ1) is 22.8. The van der Waals surface area contributed by atoms with Crippen molar-refractivity contribution in [3.63, 3.8) is 0 Å². The lowest BCUT2D eigenvalue weighted by molar-refractivity contribution is -0.140. The first-order valence-electron chi connectivity index (χ1n) is 11.4. The van der Waals surface area contributed by atoms with Crippen LogP contribution >= 0.6 is 0 Å². The SMILES string of the molecule is CC(=O)O/N=C(/C(=O)c1ccc2c(c1)c1cc(N)ccc1n2/C=C/c1ccccc1)c1ccccc1. The highest BCUT2D eigenvalue weighted by molar-refractivity contribution is 6.51. The average molecular weight is 474 g/mol. The molecule has 0 aliphatic rings. The number of anilines is 1. The Morgan fingerprint density at radius 3 is 2.14 bits per heavy atom. The predicted molar refractivity (Wildman–Crippen MR) is 145 cm³/mol. The summed E-state index contributed by atoms with van der Waals surface area (Å²) >= 11 is 0. The first-order valence-corrected chi connectivity index (χ1v) is 11.4. The Morgan fingerprint density at radius 1 is 0.806 bits per heavy atom. The third-order valence-electron chi connectivity index (χ3n) is 5.83. The Morgan fingerprint density at radius 2 is 1.44 bits per heavy atom. The lowest BCUT2D eigenvalue weighted by atomic mass is 9.99. The van der Waals surface area contributed by atoms with Crippen LogP contribution in [0.15, 0.2) is 102 Å². The number of hydrogen-bond acceptors (Lipinski definition) is 5. The molecule has 6 nitrogen and oxygen atoms in total. The molecule has 0 unspecified atom stereocenters. The minimum absolute atomic E-state index is 0.0531. The molecule has 5 rings (SSSR count). The normalized spacial score (nSPS) is 11.9. The summed E-state index contributed by atoms with van der Waals surface area (Å²) in [6.07, 6.45) is 4.04. The fraction of sp³-hybridized carbons (Fsp3) is 0.0333. The van der Waals surface area contributed by atoms with Crippen LogP contribution in [0.5, 0.6) is 0 Å². The van der Waals surface area contributed by atoms with E-state index in [-0.39, 0.29) is 11.5 Å². The Kier molecular flexibility index (Phi) is 6.16. The second kappa shape index (κ2) is 9.72. The summed E-state index contributed by atoms with van der Waals surface area (Å²) in [5, 5.41) is 5.68. The summed E-state index contributed by atoms with van der Waals surface area (Å²) in [4.78, 5) is 29.8. The molecule has 4 aromatic carbocycles. The van der Waals surface area contributed by atoms with Crippen molar-refractivity contribution in [2.24, 2.45) is 5.16 Å². The summed E-state index contributed by atoms with van der Waals surface area (Å²) in [6, 6.07) is 30.2. The van der Waals surface area contributed by atoms with E-state index < -0.39 is 5.97 Å². The van der Waals surface area contributed by atoms with Gasteiger partial charge >= 0.3 is 5.97 Å². The predicted octanol–water partition coefficient (Wildman–Crippen LogP) is 6.15. The van der Waals surface area contributed by atoms with Gasteiger partial charge in [0.05, 0.1) is 11.0 Å². The van der Waals surface area contributed by atoms with E-state index in [2.05, 4.69) is 9.72 Å². The Hall–Kier alpha value is -4.97. The van der Waals surface area contributed by atoms with Crippen molar-refractivity contribution in [1.29, 1.82) is 0 Å². The van der Waals surface area contributed by atoms with Gasteiger partial charge in [-0.2, -0.15) is 0 Å². The first-order chi connectivity index (χ1) is 17.5. The van der Waals surface area contributed by atoms with Gasteiger partial charge in [-0.3, -0.25) is 4.79 Å². The van der Waals surface area contributed by atoms with Crippen LogP contribution in [0, 0.1) is 0 Å². The summed E-state index contributed by atoms with van der Waals surface area (Å²) in [5.41, 5.74) is 10.7. The zero-order valence-corrected chi connectivity index (χ0v) is 19.6. The number of nitrogens with zero attached hydrogens (tertiary/aromatic N) is 2. The zero-order valence-electron chi connectivity index (χ0n) is 19.6. The molecule has 36 heavy (non-hydrogen) atoms. The number of Topliss-reactive ketones (excluding diaryl/α,β-unsaturated/α-hetero) is 1. The summed E-state index contributed by atoms with van der Waals surface area (Å²) in [5.74, 6) is -0.954. The van der Waals surface area contributed by atoms with Crippen LogP contribution in [0.4, 0.5) is 5.69 Å². The van der Waals surface area contributed by atoms with Crippen molar-refractivity contribution in [1.82, 2.24) is 4.57 Å². The van der Waals surface area contributed by atoms with Gasteiger partial charge in [-0.1, -0.05) is 65.8 Å². The van der Waals surface area contributed by atoms with Crippen molar-refractivity contribution in [3.8, 4) is 0 Å². The monoisotopic (exact) mass is 473 g/mol. The van der Waals surface area contributed by atoms with E-state index in [1.54, 1.807) is 30.3 Å². The third kappa shape index (κ3) is 4.52. The molecule has 1 heterocycles. The van der Waals surface area contributed by atoms with Crippen molar-refractivity contribution < 1.29 is 14.4 Å². The second-order valence-corrected chi connectivity index (χ2v) is 8.32. The Labute approximate surface area is 207 Å². The highest BCUT2D eigenvalue weighted by atomic mass is 16.7. The Bertz CT molecular complexity index is 1650. The molecule has 0 atom stereocenters. The summed E-state index contributed by atoms with van der Waals surface area (Å²) in [6.45, 7) is 1.24. The van der Waals surface area contributed by atoms with E-state index in [0.717, 1.165) is 27.4 Å². The van der Waals surface area contributed by atoms with Crippen LogP contribution in [-0.2, 0) is 9.63 Å². The maximum Gasteiger partial charge on any atom is 0.332 e. The fourth-order valence-electron chi connectivity index (χ4n) is 4.17. The quantitative estimate of drug-likeness (QED) is 0.105. The van der Waals surface area contributed by atoms with E-state index in [4.69, 9.17) is 10.6 Å². The lowest BCUT2D eigenvalue weighted by Gasteiger charge is -2.06. The molecule has 176 valence electrons. The van der Waals surface area contributed by atoms with Gasteiger partial charge in [0, 0.05) is 40.7 Å². The number of aromatic nitrogens is 1. The van der Waals surface area contributed by atoms with Crippen molar-refractivity contribution in [3.05, 3.63) is 114 Å². The highest BCUT2D eigenvalue weighted by Crippen LogP contribution is 2.32. The number of fused-ring (bicyclic) bond motifs is 3. The Balaban J connectivity index is 1.64. The zero-order chi connectivity index (χ0) is 25.1. The van der Waals surface area contributed by atoms with Gasteiger partial charge in [-0.15, -0.1) is 0 Å². The van der Waals surface area contributed by atoms with Gasteiger partial charge in [0.15, 0.2) is 5.71 Å². The molecule has 0 amide bonds. The molecule has 0 fully saturated rings. The van der Waals surface area contributed by atoms with Crippen LogP contribution in [0.3, 0.4) is 0 Å². The van der Waals surface area contributed by atoms with E-state index in [0.29, 0.717) is 16.8 Å². The molecule has 0 aliphatic carbocycles. The maximum atomic E-state index is 13.6. The number of carbonyl (C=O) groups is 2. The van der Waals surface area contributed by atoms with Gasteiger partial charge in [0.25, 0.3) is 0 Å². The third-order valence-corrected chi connectivity index (χ3v) is 5.83. The molecule has 0 spiro atoms. The van der Waals surface area contributed by atoms with Crippen LogP contribution in [0.2, 0.25) is 0 Å². The smallest absolute Gasteiger partial charge is 0.332 e. The fourth-order valence-corrected chi connectivity index (χ4v) is 4.17. The minimum Gasteiger partial charge on any atom is -0.399 e. The standard InChI is InChI=1S/C30H23N3O3/c1-20(34)36-32-29(22-10-6-3-7-11-22)30(35)23-12-14-27-25(18-23)26-19-24(31)13-15-28(26)33(27)17-16-21-8-4-2-5-9-21/h2-19H,31H2,1H3/b17-16+,32-29+. The summed E-state index contributed by atoms with van der Waals surface area (Å²) < 4.78 is 2.08. The van der Waals surface area contributed by atoms with Crippen LogP contribution < -0.4 is 5.73 Å². The maximum absolute atomic E-state index is 13.6. The van der Waals surface area contributed by atoms with Gasteiger partial charge in [0.1, 0.15) is 0 Å². The summed E-state index contributed by atoms with van der Waals surface area (Å²) in [7, 11) is 0. The van der Waals surface area contributed by atoms with Crippen molar-refractivity contribution in [2.75, 3.05) is 5.73 Å². The van der Waals surface area contributed by atoms with E-state index in [1.807, 2.05) is 79.0 Å². The molecule has 0 saturated heterocycles. The highest BCUT2D eigenvalue weighted by Gasteiger charge is 2.20. The number of benzene rings is 4. The lowest BCUT2D eigenvalue weighted by Crippen LogP contribution is -2.17. The number of carbonyl (C=O) groups excluding carboxylic acids is 2. The largest absolute Gasteiger partial charge is 0.399 e. The number of rotatable bonds is 6. The second-order valence-electron chi connectivity index (χ2n) is 8.32. The molecule has 5 aromatic rings. The van der Waals surface area contributed by atoms with Crippen LogP contribution in [-0.4, -0.2) is 22.0 Å². The number of hydrogen-bond donors (Lipinski definition) is 1. The van der Waals surface area contributed by atoms with Crippen LogP contribution in [0.1, 0.15) is 28.4 Å². The van der Waals surface area contributed by atoms with Crippen molar-refractivity contribution in [2.45, 2.75) is 6.92 Å². The number of nitrogens with two attached hydrogens (primary N) is 1. The topological polar surface area (TPSA) is 86.7 Å². The van der Waals surface area contributed by atoms with E-state index in [1.165, 1.54) is 6.92 Å². The minimum atomic E-state index is -0.601. The molecular formula is C30H23N3O3. The molecule has 0 radical (unpaired) electrons. The molecule has 1 aromatic heterocycles. The van der Waals surface area contributed by atoms with Crippen LogP contribution in [0.25, 0.3) is 34.1 Å². The van der Waals surface area contributed by atoms with Gasteiger partial charge in [-0.25, -0.2) is 4.79 Å². The van der Waals surface area contributed by atoms with E-state index >= 15 is 0 Å². The average Bonchev–Trinajstić information content (AvgIpc) is 3.20. The van der Waals surface area contributed by atoms with Crippen molar-refractivity contribution >= 4 is 57.2 Å². The van der Waals surface area contributed by atoms with Gasteiger partial charge in [0.2, 0.25) is 5.78 Å². The number of nitrogen functional groups attached to an aromatic ring is 1. The molecule has 0 aliphatic heterocycles. The molecule has 0 bridgehead atoms. The van der Waals surface area contributed by atoms with Gasteiger partial charge in [-0.05, 0) is 48.0 Å². The van der Waals surface area contributed by atoms with E-state index in [9.17, 15) is 9.59 Å². The number of ketones is 1. The molecular weight excluding hydrogens is 450 g/mol. The molecule has 0 saturated carbocycles.